The van der Waals surface area contributed by atoms with Gasteiger partial charge in [0.1, 0.15) is 6.04 Å². The first-order valence-electron chi connectivity index (χ1n) is 12.1. The molecule has 10 heteroatoms. The fraction of sp³-hybridized carbons (Fsp3) is 0.480. The third kappa shape index (κ3) is 4.14. The van der Waals surface area contributed by atoms with Crippen LogP contribution in [0.1, 0.15) is 34.5 Å². The lowest BCUT2D eigenvalue weighted by Crippen LogP contribution is -2.46. The van der Waals surface area contributed by atoms with Crippen LogP contribution in [-0.2, 0) is 14.9 Å². The number of amides is 4. The van der Waals surface area contributed by atoms with E-state index in [1.165, 1.54) is 21.8 Å². The third-order valence-corrected chi connectivity index (χ3v) is 8.87. The summed E-state index contributed by atoms with van der Waals surface area (Å²) in [4.78, 5) is 44.9. The largest absolute Gasteiger partial charge is 0.379 e. The van der Waals surface area contributed by atoms with Gasteiger partial charge in [-0.3, -0.25) is 14.5 Å². The Hall–Kier alpha value is -2.46. The summed E-state index contributed by atoms with van der Waals surface area (Å²) in [5, 5.41) is 2.94. The fourth-order valence-corrected chi connectivity index (χ4v) is 6.52. The number of fused-ring (bicyclic) bond motifs is 1. The zero-order valence-corrected chi connectivity index (χ0v) is 20.8. The molecule has 1 saturated carbocycles. The lowest BCUT2D eigenvalue weighted by molar-refractivity contribution is -0.119. The van der Waals surface area contributed by atoms with E-state index < -0.39 is 12.1 Å². The number of anilines is 1. The molecule has 4 amide bonds. The van der Waals surface area contributed by atoms with Crippen molar-refractivity contribution >= 4 is 46.5 Å². The van der Waals surface area contributed by atoms with Crippen LogP contribution in [0.25, 0.3) is 0 Å². The number of carbonyl (C=O) groups excluding carboxylic acids is 3. The van der Waals surface area contributed by atoms with Gasteiger partial charge >= 0.3 is 6.03 Å². The van der Waals surface area contributed by atoms with E-state index in [0.717, 1.165) is 45.7 Å². The maximum absolute atomic E-state index is 13.4. The molecule has 8 nitrogen and oxygen atoms in total. The Labute approximate surface area is 212 Å². The molecule has 0 spiro atoms. The minimum atomic E-state index is -0.683. The van der Waals surface area contributed by atoms with Crippen molar-refractivity contribution in [1.29, 1.82) is 0 Å². The predicted octanol–water partition coefficient (Wildman–Crippen LogP) is 3.10. The maximum atomic E-state index is 13.4. The molecule has 0 unspecified atom stereocenters. The molecule has 0 radical (unpaired) electrons. The fourth-order valence-electron chi connectivity index (χ4n) is 5.57. The van der Waals surface area contributed by atoms with Gasteiger partial charge in [0.2, 0.25) is 0 Å². The maximum Gasteiger partial charge on any atom is 0.332 e. The highest BCUT2D eigenvalue weighted by molar-refractivity contribution is 7.18. The first kappa shape index (κ1) is 23.0. The molecule has 184 valence electrons. The quantitative estimate of drug-likeness (QED) is 0.599. The number of nitrogens with one attached hydrogen (secondary N) is 1. The molecule has 6 rings (SSSR count). The SMILES string of the molecule is O=C(N[C@@H]1CCN2C(=O)N(c3ccc(C4(CN5CCOCC5)CC4)cc3)C(=O)[C@H]12)c1ccc(Cl)s1. The van der Waals surface area contributed by atoms with Gasteiger partial charge < -0.3 is 15.0 Å². The van der Waals surface area contributed by atoms with Gasteiger partial charge in [0.25, 0.3) is 11.8 Å². The number of rotatable bonds is 6. The van der Waals surface area contributed by atoms with Crippen LogP contribution < -0.4 is 10.2 Å². The summed E-state index contributed by atoms with van der Waals surface area (Å²) in [5.41, 5.74) is 2.00. The minimum Gasteiger partial charge on any atom is -0.379 e. The van der Waals surface area contributed by atoms with Crippen LogP contribution >= 0.6 is 22.9 Å². The highest BCUT2D eigenvalue weighted by Crippen LogP contribution is 2.49. The second-order valence-electron chi connectivity index (χ2n) is 9.78. The van der Waals surface area contributed by atoms with Gasteiger partial charge in [0.05, 0.1) is 34.2 Å². The van der Waals surface area contributed by atoms with Gasteiger partial charge in [-0.15, -0.1) is 11.3 Å². The third-order valence-electron chi connectivity index (χ3n) is 7.64. The molecular formula is C25H27ClN4O4S. The number of benzene rings is 1. The molecule has 4 fully saturated rings. The van der Waals surface area contributed by atoms with Crippen molar-refractivity contribution in [2.75, 3.05) is 44.3 Å². The van der Waals surface area contributed by atoms with Gasteiger partial charge in [-0.2, -0.15) is 0 Å². The van der Waals surface area contributed by atoms with Crippen LogP contribution in [-0.4, -0.2) is 79.1 Å². The van der Waals surface area contributed by atoms with Crippen molar-refractivity contribution in [1.82, 2.24) is 15.1 Å². The summed E-state index contributed by atoms with van der Waals surface area (Å²) in [6.45, 7) is 4.95. The number of ether oxygens (including phenoxy) is 1. The zero-order chi connectivity index (χ0) is 24.2. The van der Waals surface area contributed by atoms with Crippen molar-refractivity contribution in [3.63, 3.8) is 0 Å². The van der Waals surface area contributed by atoms with Crippen molar-refractivity contribution in [2.45, 2.75) is 36.8 Å². The number of thiophene rings is 1. The van der Waals surface area contributed by atoms with Crippen LogP contribution in [0, 0.1) is 0 Å². The normalized spacial score (nSPS) is 25.7. The Balaban J connectivity index is 1.16. The van der Waals surface area contributed by atoms with Crippen LogP contribution in [0.4, 0.5) is 10.5 Å². The summed E-state index contributed by atoms with van der Waals surface area (Å²) in [6, 6.07) is 9.80. The summed E-state index contributed by atoms with van der Waals surface area (Å²) >= 11 is 7.14. The first-order valence-corrected chi connectivity index (χ1v) is 13.3. The number of hydrogen-bond acceptors (Lipinski definition) is 6. The lowest BCUT2D eigenvalue weighted by Gasteiger charge is -2.31. The molecule has 0 bridgehead atoms. The van der Waals surface area contributed by atoms with E-state index in [0.29, 0.717) is 27.9 Å². The molecule has 2 atom stereocenters. The highest BCUT2D eigenvalue weighted by atomic mass is 35.5. The zero-order valence-electron chi connectivity index (χ0n) is 19.2. The average Bonchev–Trinajstić information content (AvgIpc) is 3.20. The van der Waals surface area contributed by atoms with Crippen molar-refractivity contribution in [3.05, 3.63) is 51.2 Å². The van der Waals surface area contributed by atoms with Crippen LogP contribution in [0.3, 0.4) is 0 Å². The molecule has 1 N–H and O–H groups in total. The molecule has 1 aromatic heterocycles. The van der Waals surface area contributed by atoms with E-state index in [1.807, 2.05) is 12.1 Å². The number of morpholine rings is 1. The standard InChI is InChI=1S/C25H27ClN4O4S/c26-20-6-5-19(35-20)22(31)27-18-7-10-29-21(18)23(32)30(24(29)33)17-3-1-16(2-4-17)25(8-9-25)15-28-11-13-34-14-12-28/h1-6,18,21H,7-15H2,(H,27,31)/t18-,21+/m1/s1. The molecular weight excluding hydrogens is 488 g/mol. The topological polar surface area (TPSA) is 82.2 Å². The van der Waals surface area contributed by atoms with Gasteiger partial charge in [0.15, 0.2) is 0 Å². The van der Waals surface area contributed by atoms with Crippen LogP contribution in [0.5, 0.6) is 0 Å². The summed E-state index contributed by atoms with van der Waals surface area (Å²) < 4.78 is 6.00. The van der Waals surface area contributed by atoms with E-state index in [2.05, 4.69) is 22.3 Å². The number of hydrogen-bond donors (Lipinski definition) is 1. The predicted molar refractivity (Wildman–Crippen MR) is 133 cm³/mol. The smallest absolute Gasteiger partial charge is 0.332 e. The Morgan fingerprint density at radius 2 is 1.83 bits per heavy atom. The van der Waals surface area contributed by atoms with E-state index in [1.54, 1.807) is 17.0 Å². The summed E-state index contributed by atoms with van der Waals surface area (Å²) in [6.07, 6.45) is 2.85. The van der Waals surface area contributed by atoms with Gasteiger partial charge in [-0.25, -0.2) is 9.69 Å². The number of urea groups is 1. The van der Waals surface area contributed by atoms with Crippen LogP contribution in [0.2, 0.25) is 4.34 Å². The van der Waals surface area contributed by atoms with Crippen molar-refractivity contribution < 1.29 is 19.1 Å². The van der Waals surface area contributed by atoms with E-state index in [4.69, 9.17) is 16.3 Å². The van der Waals surface area contributed by atoms with Gasteiger partial charge in [-0.05, 0) is 49.1 Å². The van der Waals surface area contributed by atoms with Crippen molar-refractivity contribution in [3.8, 4) is 0 Å². The molecule has 35 heavy (non-hydrogen) atoms. The average molecular weight is 515 g/mol. The summed E-state index contributed by atoms with van der Waals surface area (Å²) in [5.74, 6) is -0.559. The Kier molecular flexibility index (Phi) is 5.83. The van der Waals surface area contributed by atoms with E-state index >= 15 is 0 Å². The minimum absolute atomic E-state index is 0.162. The Bertz CT molecular complexity index is 1160. The molecule has 3 aliphatic heterocycles. The molecule has 1 aromatic carbocycles. The van der Waals surface area contributed by atoms with E-state index in [9.17, 15) is 14.4 Å². The molecule has 2 aromatic rings. The molecule has 4 heterocycles. The number of imide groups is 1. The highest BCUT2D eigenvalue weighted by Gasteiger charge is 2.53. The summed E-state index contributed by atoms with van der Waals surface area (Å²) in [7, 11) is 0. The second-order valence-corrected chi connectivity index (χ2v) is 11.5. The molecule has 4 aliphatic rings. The number of halogens is 1. The van der Waals surface area contributed by atoms with Gasteiger partial charge in [0, 0.05) is 31.6 Å². The van der Waals surface area contributed by atoms with Crippen molar-refractivity contribution in [2.24, 2.45) is 0 Å². The monoisotopic (exact) mass is 514 g/mol. The second kappa shape index (κ2) is 8.89. The van der Waals surface area contributed by atoms with E-state index in [-0.39, 0.29) is 23.3 Å². The first-order chi connectivity index (χ1) is 16.9. The number of carbonyl (C=O) groups is 3. The lowest BCUT2D eigenvalue weighted by atomic mass is 9.94. The van der Waals surface area contributed by atoms with Crippen LogP contribution in [0.15, 0.2) is 36.4 Å². The number of nitrogens with zero attached hydrogens (tertiary/aromatic N) is 3. The Morgan fingerprint density at radius 1 is 1.09 bits per heavy atom. The molecule has 1 aliphatic carbocycles. The molecule has 3 saturated heterocycles. The Morgan fingerprint density at radius 3 is 2.49 bits per heavy atom. The van der Waals surface area contributed by atoms with Gasteiger partial charge in [-0.1, -0.05) is 23.7 Å².